The summed E-state index contributed by atoms with van der Waals surface area (Å²) in [6.07, 6.45) is 0. The quantitative estimate of drug-likeness (QED) is 0.241. The first-order chi connectivity index (χ1) is 16.6. The van der Waals surface area contributed by atoms with Crippen LogP contribution in [-0.2, 0) is 6.54 Å². The summed E-state index contributed by atoms with van der Waals surface area (Å²) in [5.74, 6) is 0.447. The van der Waals surface area contributed by atoms with E-state index in [1.165, 1.54) is 24.3 Å². The predicted octanol–water partition coefficient (Wildman–Crippen LogP) is 6.04. The van der Waals surface area contributed by atoms with Crippen molar-refractivity contribution in [2.45, 2.75) is 12.6 Å². The van der Waals surface area contributed by atoms with E-state index in [9.17, 15) is 14.9 Å². The Balaban J connectivity index is 1.84. The molecular weight excluding hydrogens is 428 g/mol. The van der Waals surface area contributed by atoms with Crippen LogP contribution in [0.25, 0.3) is 0 Å². The van der Waals surface area contributed by atoms with Gasteiger partial charge < -0.3 is 9.64 Å². The summed E-state index contributed by atoms with van der Waals surface area (Å²) in [5, 5.41) is 11.1. The summed E-state index contributed by atoms with van der Waals surface area (Å²) < 4.78 is 5.55. The largest absolute Gasteiger partial charge is 0.496 e. The second-order valence-electron chi connectivity index (χ2n) is 7.77. The van der Waals surface area contributed by atoms with Crippen LogP contribution in [0.4, 0.5) is 5.69 Å². The topological polar surface area (TPSA) is 72.7 Å². The number of hydrogen-bond acceptors (Lipinski definition) is 4. The van der Waals surface area contributed by atoms with Crippen LogP contribution < -0.4 is 4.74 Å². The maximum absolute atomic E-state index is 13.9. The Morgan fingerprint density at radius 1 is 0.824 bits per heavy atom. The minimum absolute atomic E-state index is 0.0597. The SMILES string of the molecule is COc1ccccc1CN(C(=O)c1ccc([N+](=O)[O-])cc1)C(c1ccccc1)c1ccccc1. The van der Waals surface area contributed by atoms with Gasteiger partial charge in [-0.3, -0.25) is 14.9 Å². The molecule has 0 radical (unpaired) electrons. The standard InChI is InChI=1S/C28H24N2O4/c1-34-26-15-9-8-14-24(26)20-29(28(31)23-16-18-25(19-17-23)30(32)33)27(21-10-4-2-5-11-21)22-12-6-3-7-13-22/h2-19,27H,20H2,1H3. The lowest BCUT2D eigenvalue weighted by atomic mass is 9.95. The van der Waals surface area contributed by atoms with E-state index in [2.05, 4.69) is 0 Å². The number of para-hydroxylation sites is 1. The number of carbonyl (C=O) groups is 1. The molecule has 4 rings (SSSR count). The van der Waals surface area contributed by atoms with Crippen LogP contribution in [0.2, 0.25) is 0 Å². The molecule has 0 fully saturated rings. The van der Waals surface area contributed by atoms with Gasteiger partial charge in [0.1, 0.15) is 5.75 Å². The molecule has 0 saturated heterocycles. The van der Waals surface area contributed by atoms with Gasteiger partial charge in [-0.05, 0) is 29.3 Å². The smallest absolute Gasteiger partial charge is 0.269 e. The first kappa shape index (κ1) is 22.7. The van der Waals surface area contributed by atoms with E-state index < -0.39 is 4.92 Å². The van der Waals surface area contributed by atoms with Gasteiger partial charge in [-0.25, -0.2) is 0 Å². The van der Waals surface area contributed by atoms with Gasteiger partial charge in [0, 0.05) is 23.3 Å². The number of ether oxygens (including phenoxy) is 1. The Labute approximate surface area is 198 Å². The normalized spacial score (nSPS) is 10.6. The molecule has 0 aliphatic carbocycles. The van der Waals surface area contributed by atoms with Crippen LogP contribution in [0.1, 0.15) is 33.1 Å². The number of hydrogen-bond donors (Lipinski definition) is 0. The molecule has 0 atom stereocenters. The number of nitro groups is 1. The number of benzene rings is 4. The summed E-state index contributed by atoms with van der Waals surface area (Å²) in [6, 6.07) is 32.6. The number of rotatable bonds is 8. The van der Waals surface area contributed by atoms with Crippen molar-refractivity contribution in [1.29, 1.82) is 0 Å². The highest BCUT2D eigenvalue weighted by Crippen LogP contribution is 2.33. The molecule has 0 heterocycles. The molecular formula is C28H24N2O4. The average molecular weight is 453 g/mol. The van der Waals surface area contributed by atoms with E-state index in [1.807, 2.05) is 84.9 Å². The van der Waals surface area contributed by atoms with E-state index in [-0.39, 0.29) is 24.2 Å². The predicted molar refractivity (Wildman–Crippen MR) is 131 cm³/mol. The molecule has 0 spiro atoms. The Kier molecular flexibility index (Phi) is 6.98. The van der Waals surface area contributed by atoms with Crippen molar-refractivity contribution in [1.82, 2.24) is 4.90 Å². The monoisotopic (exact) mass is 452 g/mol. The zero-order chi connectivity index (χ0) is 23.9. The maximum atomic E-state index is 13.9. The van der Waals surface area contributed by atoms with Crippen molar-refractivity contribution in [3.8, 4) is 5.75 Å². The molecule has 0 saturated carbocycles. The molecule has 6 nitrogen and oxygen atoms in total. The number of methoxy groups -OCH3 is 1. The summed E-state index contributed by atoms with van der Waals surface area (Å²) in [4.78, 5) is 26.3. The molecule has 4 aromatic carbocycles. The van der Waals surface area contributed by atoms with E-state index >= 15 is 0 Å². The van der Waals surface area contributed by atoms with Crippen LogP contribution in [0.5, 0.6) is 5.75 Å². The zero-order valence-electron chi connectivity index (χ0n) is 18.7. The second kappa shape index (κ2) is 10.4. The number of amides is 1. The third kappa shape index (κ3) is 4.96. The fourth-order valence-electron chi connectivity index (χ4n) is 4.01. The van der Waals surface area contributed by atoms with Crippen molar-refractivity contribution in [3.63, 3.8) is 0 Å². The molecule has 170 valence electrons. The molecule has 1 amide bonds. The van der Waals surface area contributed by atoms with Crippen LogP contribution in [0.3, 0.4) is 0 Å². The van der Waals surface area contributed by atoms with Crippen LogP contribution in [0, 0.1) is 10.1 Å². The van der Waals surface area contributed by atoms with Gasteiger partial charge in [0.05, 0.1) is 24.6 Å². The fourth-order valence-corrected chi connectivity index (χ4v) is 4.01. The molecule has 0 N–H and O–H groups in total. The van der Waals surface area contributed by atoms with E-state index in [0.29, 0.717) is 11.3 Å². The summed E-state index contributed by atoms with van der Waals surface area (Å²) in [6.45, 7) is 0.286. The van der Waals surface area contributed by atoms with Gasteiger partial charge in [0.2, 0.25) is 0 Å². The maximum Gasteiger partial charge on any atom is 0.269 e. The van der Waals surface area contributed by atoms with Gasteiger partial charge >= 0.3 is 0 Å². The average Bonchev–Trinajstić information content (AvgIpc) is 2.89. The first-order valence-electron chi connectivity index (χ1n) is 10.9. The molecule has 4 aromatic rings. The highest BCUT2D eigenvalue weighted by atomic mass is 16.6. The number of nitrogens with zero attached hydrogens (tertiary/aromatic N) is 2. The number of nitro benzene ring substituents is 1. The van der Waals surface area contributed by atoms with Gasteiger partial charge in [0.15, 0.2) is 0 Å². The van der Waals surface area contributed by atoms with E-state index in [4.69, 9.17) is 4.74 Å². The number of non-ortho nitro benzene ring substituents is 1. The van der Waals surface area contributed by atoms with Crippen molar-refractivity contribution in [2.75, 3.05) is 7.11 Å². The lowest BCUT2D eigenvalue weighted by molar-refractivity contribution is -0.384. The highest BCUT2D eigenvalue weighted by molar-refractivity contribution is 5.95. The van der Waals surface area contributed by atoms with Crippen molar-refractivity contribution < 1.29 is 14.5 Å². The fraction of sp³-hybridized carbons (Fsp3) is 0.107. The van der Waals surface area contributed by atoms with Crippen LogP contribution >= 0.6 is 0 Å². The van der Waals surface area contributed by atoms with Gasteiger partial charge in [-0.2, -0.15) is 0 Å². The van der Waals surface area contributed by atoms with Gasteiger partial charge in [-0.15, -0.1) is 0 Å². The van der Waals surface area contributed by atoms with Gasteiger partial charge in [-0.1, -0.05) is 78.9 Å². The molecule has 0 unspecified atom stereocenters. The molecule has 0 aliphatic rings. The van der Waals surface area contributed by atoms with Crippen LogP contribution in [-0.4, -0.2) is 22.8 Å². The molecule has 6 heteroatoms. The van der Waals surface area contributed by atoms with Crippen molar-refractivity contribution >= 4 is 11.6 Å². The Morgan fingerprint density at radius 2 is 1.35 bits per heavy atom. The number of carbonyl (C=O) groups excluding carboxylic acids is 1. The Morgan fingerprint density at radius 3 is 1.88 bits per heavy atom. The third-order valence-electron chi connectivity index (χ3n) is 5.66. The summed E-state index contributed by atoms with van der Waals surface area (Å²) in [7, 11) is 1.60. The third-order valence-corrected chi connectivity index (χ3v) is 5.66. The molecule has 0 bridgehead atoms. The van der Waals surface area contributed by atoms with Crippen LogP contribution in [0.15, 0.2) is 109 Å². The lowest BCUT2D eigenvalue weighted by Crippen LogP contribution is -2.35. The van der Waals surface area contributed by atoms with E-state index in [1.54, 1.807) is 12.0 Å². The Hall–Kier alpha value is -4.45. The zero-order valence-corrected chi connectivity index (χ0v) is 18.7. The highest BCUT2D eigenvalue weighted by Gasteiger charge is 2.29. The first-order valence-corrected chi connectivity index (χ1v) is 10.9. The molecule has 34 heavy (non-hydrogen) atoms. The second-order valence-corrected chi connectivity index (χ2v) is 7.77. The summed E-state index contributed by atoms with van der Waals surface area (Å²) >= 11 is 0. The van der Waals surface area contributed by atoms with E-state index in [0.717, 1.165) is 16.7 Å². The van der Waals surface area contributed by atoms with Crippen molar-refractivity contribution in [2.24, 2.45) is 0 Å². The summed E-state index contributed by atoms with van der Waals surface area (Å²) in [5.41, 5.74) is 3.09. The lowest BCUT2D eigenvalue weighted by Gasteiger charge is -2.33. The van der Waals surface area contributed by atoms with Crippen molar-refractivity contribution in [3.05, 3.63) is 142 Å². The molecule has 0 aliphatic heterocycles. The van der Waals surface area contributed by atoms with Gasteiger partial charge in [0.25, 0.3) is 11.6 Å². The minimum atomic E-state index is -0.475. The Bertz CT molecular complexity index is 1220. The molecule has 0 aromatic heterocycles. The minimum Gasteiger partial charge on any atom is -0.496 e.